The minimum Gasteiger partial charge on any atom is -0.453 e. The molecule has 0 saturated carbocycles. The van der Waals surface area contributed by atoms with Gasteiger partial charge in [0.25, 0.3) is 5.91 Å². The topological polar surface area (TPSA) is 118 Å². The van der Waals surface area contributed by atoms with Crippen LogP contribution in [0.25, 0.3) is 0 Å². The quantitative estimate of drug-likeness (QED) is 0.159. The van der Waals surface area contributed by atoms with Crippen LogP contribution in [-0.4, -0.2) is 62.9 Å². The maximum Gasteiger partial charge on any atom is 0.407 e. The predicted octanol–water partition coefficient (Wildman–Crippen LogP) is 5.55. The lowest BCUT2D eigenvalue weighted by atomic mass is 9.84. The van der Waals surface area contributed by atoms with Crippen LogP contribution in [0, 0.1) is 0 Å². The maximum atomic E-state index is 14.0. The first-order chi connectivity index (χ1) is 22.9. The van der Waals surface area contributed by atoms with E-state index in [9.17, 15) is 14.4 Å². The number of carbonyl (C=O) groups is 3. The maximum absolute atomic E-state index is 14.0. The van der Waals surface area contributed by atoms with Gasteiger partial charge in [0.15, 0.2) is 0 Å². The Morgan fingerprint density at radius 2 is 1.53 bits per heavy atom. The number of hydrogen-bond acceptors (Lipinski definition) is 6. The van der Waals surface area contributed by atoms with Crippen LogP contribution in [0.4, 0.5) is 10.5 Å². The van der Waals surface area contributed by atoms with Gasteiger partial charge < -0.3 is 30.7 Å². The average molecular weight is 655 g/mol. The standard InChI is InChI=1S/C37H39ClN4O5/c1-46-37(45)42-34(33(26-13-4-2-5-14-26)27-15-6-3-7-16-27)36(44)41-32-19-11-8-12-25(32)20-21-29-23-39-28(24-47-29)22-40-35(43)30-17-9-10-18-31(30)38/h2-19,28-29,33-34,39H,20-24H2,1H3,(H,40,43)(H,41,44)(H,42,45)/t28-,29-,34+/m1/s1. The highest BCUT2D eigenvalue weighted by Crippen LogP contribution is 2.30. The Hall–Kier alpha value is -4.70. The first-order valence-corrected chi connectivity index (χ1v) is 16.0. The molecule has 4 aromatic rings. The molecule has 4 N–H and O–H groups in total. The number of rotatable bonds is 12. The van der Waals surface area contributed by atoms with E-state index < -0.39 is 18.1 Å². The number of anilines is 1. The monoisotopic (exact) mass is 654 g/mol. The van der Waals surface area contributed by atoms with Gasteiger partial charge in [0.2, 0.25) is 5.91 Å². The highest BCUT2D eigenvalue weighted by atomic mass is 35.5. The number of halogens is 1. The van der Waals surface area contributed by atoms with Crippen molar-refractivity contribution in [1.82, 2.24) is 16.0 Å². The number of morpholine rings is 1. The third-order valence-electron chi connectivity index (χ3n) is 8.20. The van der Waals surface area contributed by atoms with Crippen molar-refractivity contribution in [3.8, 4) is 0 Å². The molecule has 3 amide bonds. The summed E-state index contributed by atoms with van der Waals surface area (Å²) in [6.07, 6.45) is 0.647. The van der Waals surface area contributed by atoms with E-state index in [-0.39, 0.29) is 24.0 Å². The summed E-state index contributed by atoms with van der Waals surface area (Å²) in [7, 11) is 1.28. The molecule has 1 heterocycles. The molecule has 5 rings (SSSR count). The van der Waals surface area contributed by atoms with Crippen LogP contribution in [-0.2, 0) is 20.7 Å². The zero-order chi connectivity index (χ0) is 33.0. The average Bonchev–Trinajstić information content (AvgIpc) is 3.11. The van der Waals surface area contributed by atoms with Crippen molar-refractivity contribution in [1.29, 1.82) is 0 Å². The van der Waals surface area contributed by atoms with Crippen molar-refractivity contribution < 1.29 is 23.9 Å². The highest BCUT2D eigenvalue weighted by molar-refractivity contribution is 6.33. The Kier molecular flexibility index (Phi) is 12.0. The van der Waals surface area contributed by atoms with E-state index in [1.54, 1.807) is 24.3 Å². The van der Waals surface area contributed by atoms with E-state index in [1.807, 2.05) is 84.9 Å². The zero-order valence-corrected chi connectivity index (χ0v) is 26.9. The van der Waals surface area contributed by atoms with Crippen molar-refractivity contribution in [2.75, 3.05) is 32.1 Å². The number of alkyl carbamates (subject to hydrolysis) is 1. The molecule has 0 aromatic heterocycles. The van der Waals surface area contributed by atoms with Gasteiger partial charge in [-0.1, -0.05) is 103 Å². The molecule has 9 nitrogen and oxygen atoms in total. The molecule has 4 aromatic carbocycles. The Balaban J connectivity index is 1.21. The summed E-state index contributed by atoms with van der Waals surface area (Å²) in [5.41, 5.74) is 3.82. The summed E-state index contributed by atoms with van der Waals surface area (Å²) in [5, 5.41) is 12.7. The summed E-state index contributed by atoms with van der Waals surface area (Å²) in [6, 6.07) is 32.9. The summed E-state index contributed by atoms with van der Waals surface area (Å²) < 4.78 is 11.0. The van der Waals surface area contributed by atoms with E-state index in [0.717, 1.165) is 23.1 Å². The van der Waals surface area contributed by atoms with E-state index >= 15 is 0 Å². The summed E-state index contributed by atoms with van der Waals surface area (Å²) in [4.78, 5) is 39.0. The van der Waals surface area contributed by atoms with Crippen molar-refractivity contribution in [3.63, 3.8) is 0 Å². The van der Waals surface area contributed by atoms with E-state index in [0.29, 0.717) is 42.4 Å². The van der Waals surface area contributed by atoms with Crippen LogP contribution >= 0.6 is 11.6 Å². The van der Waals surface area contributed by atoms with Crippen LogP contribution in [0.5, 0.6) is 0 Å². The third-order valence-corrected chi connectivity index (χ3v) is 8.53. The van der Waals surface area contributed by atoms with Gasteiger partial charge in [0, 0.05) is 30.7 Å². The Labute approximate surface area is 280 Å². The van der Waals surface area contributed by atoms with Crippen molar-refractivity contribution in [3.05, 3.63) is 136 Å². The first kappa shape index (κ1) is 33.7. The summed E-state index contributed by atoms with van der Waals surface area (Å²) in [5.74, 6) is -1.05. The van der Waals surface area contributed by atoms with Gasteiger partial charge in [-0.15, -0.1) is 0 Å². The Morgan fingerprint density at radius 1 is 0.894 bits per heavy atom. The largest absolute Gasteiger partial charge is 0.453 e. The van der Waals surface area contributed by atoms with E-state index in [4.69, 9.17) is 21.1 Å². The molecule has 0 radical (unpaired) electrons. The molecule has 47 heavy (non-hydrogen) atoms. The number of methoxy groups -OCH3 is 1. The number of hydrogen-bond donors (Lipinski definition) is 4. The number of para-hydroxylation sites is 1. The van der Waals surface area contributed by atoms with Gasteiger partial charge in [-0.3, -0.25) is 9.59 Å². The fourth-order valence-corrected chi connectivity index (χ4v) is 5.93. The number of nitrogens with one attached hydrogen (secondary N) is 4. The number of benzene rings is 4. The minimum atomic E-state index is -0.957. The lowest BCUT2D eigenvalue weighted by Crippen LogP contribution is -2.51. The normalized spacial score (nSPS) is 16.6. The number of ether oxygens (including phenoxy) is 2. The fraction of sp³-hybridized carbons (Fsp3) is 0.270. The van der Waals surface area contributed by atoms with Gasteiger partial charge in [0.1, 0.15) is 6.04 Å². The first-order valence-electron chi connectivity index (χ1n) is 15.6. The molecule has 0 aliphatic carbocycles. The number of carbonyl (C=O) groups excluding carboxylic acids is 3. The summed E-state index contributed by atoms with van der Waals surface area (Å²) >= 11 is 6.14. The lowest BCUT2D eigenvalue weighted by molar-refractivity contribution is -0.118. The molecule has 1 aliphatic heterocycles. The smallest absolute Gasteiger partial charge is 0.407 e. The van der Waals surface area contributed by atoms with Crippen molar-refractivity contribution >= 4 is 35.2 Å². The van der Waals surface area contributed by atoms with Crippen LogP contribution in [0.1, 0.15) is 39.4 Å². The second-order valence-corrected chi connectivity index (χ2v) is 11.8. The fourth-order valence-electron chi connectivity index (χ4n) is 5.71. The molecule has 1 fully saturated rings. The van der Waals surface area contributed by atoms with E-state index in [1.165, 1.54) is 7.11 Å². The van der Waals surface area contributed by atoms with Crippen LogP contribution in [0.2, 0.25) is 5.02 Å². The van der Waals surface area contributed by atoms with Crippen LogP contribution in [0.15, 0.2) is 109 Å². The Morgan fingerprint density at radius 3 is 2.17 bits per heavy atom. The van der Waals surface area contributed by atoms with Crippen LogP contribution in [0.3, 0.4) is 0 Å². The Bertz CT molecular complexity index is 1590. The predicted molar refractivity (Wildman–Crippen MR) is 183 cm³/mol. The van der Waals surface area contributed by atoms with Gasteiger partial charge in [0.05, 0.1) is 30.4 Å². The molecule has 10 heteroatoms. The summed E-state index contributed by atoms with van der Waals surface area (Å²) in [6.45, 7) is 1.49. The van der Waals surface area contributed by atoms with Gasteiger partial charge in [-0.05, 0) is 47.7 Å². The highest BCUT2D eigenvalue weighted by Gasteiger charge is 2.33. The third kappa shape index (κ3) is 9.19. The molecule has 0 bridgehead atoms. The minimum absolute atomic E-state index is 0.0225. The molecule has 0 unspecified atom stereocenters. The van der Waals surface area contributed by atoms with Gasteiger partial charge in [-0.25, -0.2) is 4.79 Å². The number of amides is 3. The second kappa shape index (κ2) is 16.7. The molecular weight excluding hydrogens is 616 g/mol. The molecule has 0 spiro atoms. The van der Waals surface area contributed by atoms with Crippen molar-refractivity contribution in [2.24, 2.45) is 0 Å². The molecule has 244 valence electrons. The van der Waals surface area contributed by atoms with Crippen LogP contribution < -0.4 is 21.3 Å². The molecule has 1 saturated heterocycles. The van der Waals surface area contributed by atoms with Gasteiger partial charge in [-0.2, -0.15) is 0 Å². The van der Waals surface area contributed by atoms with E-state index in [2.05, 4.69) is 21.3 Å². The zero-order valence-electron chi connectivity index (χ0n) is 26.2. The number of aryl methyl sites for hydroxylation is 1. The van der Waals surface area contributed by atoms with Gasteiger partial charge >= 0.3 is 6.09 Å². The molecular formula is C37H39ClN4O5. The molecule has 1 aliphatic rings. The second-order valence-electron chi connectivity index (χ2n) is 11.3. The molecule has 3 atom stereocenters. The SMILES string of the molecule is COC(=O)N[C@H](C(=O)Nc1ccccc1CC[C@@H]1CN[C@H](CNC(=O)c2ccccc2Cl)CO1)C(c1ccccc1)c1ccccc1. The van der Waals surface area contributed by atoms with Crippen molar-refractivity contribution in [2.45, 2.75) is 36.9 Å². The lowest BCUT2D eigenvalue weighted by Gasteiger charge is -2.31.